The van der Waals surface area contributed by atoms with E-state index in [0.29, 0.717) is 11.0 Å². The molecule has 0 aromatic carbocycles. The number of anilines is 1. The van der Waals surface area contributed by atoms with Crippen molar-refractivity contribution in [2.24, 2.45) is 0 Å². The highest BCUT2D eigenvalue weighted by Gasteiger charge is 2.19. The van der Waals surface area contributed by atoms with Crippen molar-refractivity contribution in [3.63, 3.8) is 0 Å². The predicted molar refractivity (Wildman–Crippen MR) is 84.6 cm³/mol. The minimum atomic E-state index is 0.0727. The van der Waals surface area contributed by atoms with Crippen LogP contribution in [0.1, 0.15) is 50.3 Å². The van der Waals surface area contributed by atoms with Gasteiger partial charge in [-0.1, -0.05) is 32.4 Å². The lowest BCUT2D eigenvalue weighted by Gasteiger charge is -2.15. The Balaban J connectivity index is 2.15. The Labute approximate surface area is 128 Å². The summed E-state index contributed by atoms with van der Waals surface area (Å²) in [5.41, 5.74) is 1.19. The Morgan fingerprint density at radius 2 is 1.95 bits per heavy atom. The van der Waals surface area contributed by atoms with Crippen LogP contribution in [0.4, 0.5) is 5.82 Å². The summed E-state index contributed by atoms with van der Waals surface area (Å²) >= 11 is 7.60. The number of nitrogens with zero attached hydrogens (tertiary/aromatic N) is 3. The molecule has 1 atom stereocenters. The van der Waals surface area contributed by atoms with Gasteiger partial charge in [-0.05, 0) is 13.8 Å². The van der Waals surface area contributed by atoms with Crippen LogP contribution < -0.4 is 5.32 Å². The molecule has 6 heteroatoms. The molecule has 2 heterocycles. The molecule has 0 saturated heterocycles. The number of hydrogen-bond donors (Lipinski definition) is 1. The highest BCUT2D eigenvalue weighted by Crippen LogP contribution is 2.28. The molecule has 2 aromatic heterocycles. The van der Waals surface area contributed by atoms with Gasteiger partial charge in [0.1, 0.15) is 21.8 Å². The molecule has 0 saturated carbocycles. The molecule has 2 aromatic rings. The fourth-order valence-corrected chi connectivity index (χ4v) is 3.00. The highest BCUT2D eigenvalue weighted by molar-refractivity contribution is 7.09. The maximum Gasteiger partial charge on any atom is 0.134 e. The van der Waals surface area contributed by atoms with Crippen LogP contribution in [-0.2, 0) is 5.41 Å². The second-order valence-electron chi connectivity index (χ2n) is 5.81. The van der Waals surface area contributed by atoms with Crippen molar-refractivity contribution in [1.29, 1.82) is 0 Å². The van der Waals surface area contributed by atoms with E-state index < -0.39 is 0 Å². The first-order chi connectivity index (χ1) is 9.25. The number of halogens is 1. The standard InChI is InChI=1S/C14H19ClN4S/c1-8(13-19-10(7-20-13)14(3,4)5)16-12-6-11(15)17-9(2)18-12/h6-8H,1-5H3,(H,16,17,18). The van der Waals surface area contributed by atoms with Gasteiger partial charge in [-0.25, -0.2) is 15.0 Å². The van der Waals surface area contributed by atoms with E-state index in [9.17, 15) is 0 Å². The summed E-state index contributed by atoms with van der Waals surface area (Å²) in [5.74, 6) is 1.38. The van der Waals surface area contributed by atoms with Crippen molar-refractivity contribution < 1.29 is 0 Å². The fraction of sp³-hybridized carbons (Fsp3) is 0.500. The molecular formula is C14H19ClN4S. The van der Waals surface area contributed by atoms with Crippen LogP contribution in [-0.4, -0.2) is 15.0 Å². The van der Waals surface area contributed by atoms with Crippen molar-refractivity contribution in [1.82, 2.24) is 15.0 Å². The van der Waals surface area contributed by atoms with Gasteiger partial charge in [-0.2, -0.15) is 0 Å². The number of hydrogen-bond acceptors (Lipinski definition) is 5. The van der Waals surface area contributed by atoms with Crippen LogP contribution in [0.2, 0.25) is 5.15 Å². The first-order valence-electron chi connectivity index (χ1n) is 6.49. The van der Waals surface area contributed by atoms with Crippen molar-refractivity contribution in [3.05, 3.63) is 33.1 Å². The van der Waals surface area contributed by atoms with E-state index in [0.717, 1.165) is 16.5 Å². The Morgan fingerprint density at radius 3 is 2.50 bits per heavy atom. The van der Waals surface area contributed by atoms with E-state index in [-0.39, 0.29) is 11.5 Å². The van der Waals surface area contributed by atoms with E-state index in [1.54, 1.807) is 17.4 Å². The zero-order valence-corrected chi connectivity index (χ0v) is 13.9. The topological polar surface area (TPSA) is 50.7 Å². The van der Waals surface area contributed by atoms with Gasteiger partial charge in [-0.3, -0.25) is 0 Å². The van der Waals surface area contributed by atoms with E-state index in [1.807, 2.05) is 6.92 Å². The predicted octanol–water partition coefficient (Wildman–Crippen LogP) is 4.37. The van der Waals surface area contributed by atoms with E-state index >= 15 is 0 Å². The summed E-state index contributed by atoms with van der Waals surface area (Å²) in [7, 11) is 0. The zero-order chi connectivity index (χ0) is 14.9. The second kappa shape index (κ2) is 5.66. The summed E-state index contributed by atoms with van der Waals surface area (Å²) < 4.78 is 0. The minimum absolute atomic E-state index is 0.0727. The number of thiazole rings is 1. The SMILES string of the molecule is Cc1nc(Cl)cc(NC(C)c2nc(C(C)(C)C)cs2)n1. The highest BCUT2D eigenvalue weighted by atomic mass is 35.5. The van der Waals surface area contributed by atoms with E-state index in [1.165, 1.54) is 0 Å². The second-order valence-corrected chi connectivity index (χ2v) is 7.09. The van der Waals surface area contributed by atoms with Crippen molar-refractivity contribution in [2.45, 2.75) is 46.1 Å². The Kier molecular flexibility index (Phi) is 4.30. The number of rotatable bonds is 3. The van der Waals surface area contributed by atoms with Crippen molar-refractivity contribution >= 4 is 28.8 Å². The van der Waals surface area contributed by atoms with E-state index in [2.05, 4.69) is 48.4 Å². The molecule has 0 aliphatic carbocycles. The lowest BCUT2D eigenvalue weighted by Crippen LogP contribution is -2.13. The molecule has 0 radical (unpaired) electrons. The molecule has 108 valence electrons. The Morgan fingerprint density at radius 1 is 1.25 bits per heavy atom. The molecule has 0 spiro atoms. The molecule has 2 rings (SSSR count). The normalized spacial score (nSPS) is 13.3. The van der Waals surface area contributed by atoms with Crippen LogP contribution in [0.5, 0.6) is 0 Å². The lowest BCUT2D eigenvalue weighted by molar-refractivity contribution is 0.569. The summed E-state index contributed by atoms with van der Waals surface area (Å²) in [4.78, 5) is 13.1. The van der Waals surface area contributed by atoms with Gasteiger partial charge in [0.15, 0.2) is 0 Å². The third kappa shape index (κ3) is 3.67. The van der Waals surface area contributed by atoms with Gasteiger partial charge in [0.2, 0.25) is 0 Å². The Hall–Kier alpha value is -1.20. The number of aromatic nitrogens is 3. The average Bonchev–Trinajstić information content (AvgIpc) is 2.75. The monoisotopic (exact) mass is 310 g/mol. The van der Waals surface area contributed by atoms with E-state index in [4.69, 9.17) is 16.6 Å². The smallest absolute Gasteiger partial charge is 0.134 e. The minimum Gasteiger partial charge on any atom is -0.361 e. The third-order valence-corrected chi connectivity index (χ3v) is 4.05. The third-order valence-electron chi connectivity index (χ3n) is 2.83. The first-order valence-corrected chi connectivity index (χ1v) is 7.75. The molecule has 0 aliphatic heterocycles. The molecule has 1 N–H and O–H groups in total. The van der Waals surface area contributed by atoms with Gasteiger partial charge in [-0.15, -0.1) is 11.3 Å². The summed E-state index contributed by atoms with van der Waals surface area (Å²) in [5, 5.41) is 6.92. The number of aryl methyl sites for hydroxylation is 1. The first kappa shape index (κ1) is 15.2. The molecule has 4 nitrogen and oxygen atoms in total. The molecule has 0 fully saturated rings. The maximum atomic E-state index is 5.94. The van der Waals surface area contributed by atoms with Gasteiger partial charge < -0.3 is 5.32 Å². The molecule has 20 heavy (non-hydrogen) atoms. The van der Waals surface area contributed by atoms with Gasteiger partial charge in [0.05, 0.1) is 11.7 Å². The van der Waals surface area contributed by atoms with Gasteiger partial charge in [0.25, 0.3) is 0 Å². The maximum absolute atomic E-state index is 5.94. The Bertz CT molecular complexity index is 583. The molecular weight excluding hydrogens is 292 g/mol. The quantitative estimate of drug-likeness (QED) is 0.855. The van der Waals surface area contributed by atoms with Crippen molar-refractivity contribution in [3.8, 4) is 0 Å². The van der Waals surface area contributed by atoms with Gasteiger partial charge in [0, 0.05) is 16.9 Å². The van der Waals surface area contributed by atoms with Gasteiger partial charge >= 0.3 is 0 Å². The average molecular weight is 311 g/mol. The molecule has 1 unspecified atom stereocenters. The number of nitrogens with one attached hydrogen (secondary N) is 1. The zero-order valence-electron chi connectivity index (χ0n) is 12.4. The molecule has 0 amide bonds. The van der Waals surface area contributed by atoms with Crippen LogP contribution in [0, 0.1) is 6.92 Å². The fourth-order valence-electron chi connectivity index (χ4n) is 1.72. The summed E-state index contributed by atoms with van der Waals surface area (Å²) in [6.07, 6.45) is 0. The van der Waals surface area contributed by atoms with Crippen molar-refractivity contribution in [2.75, 3.05) is 5.32 Å². The van der Waals surface area contributed by atoms with Crippen LogP contribution >= 0.6 is 22.9 Å². The molecule has 0 aliphatic rings. The summed E-state index contributed by atoms with van der Waals surface area (Å²) in [6, 6.07) is 1.81. The largest absolute Gasteiger partial charge is 0.361 e. The molecule has 0 bridgehead atoms. The van der Waals surface area contributed by atoms with Crippen LogP contribution in [0.15, 0.2) is 11.4 Å². The van der Waals surface area contributed by atoms with Crippen LogP contribution in [0.3, 0.4) is 0 Å². The van der Waals surface area contributed by atoms with Crippen LogP contribution in [0.25, 0.3) is 0 Å². The lowest BCUT2D eigenvalue weighted by atomic mass is 9.93. The summed E-state index contributed by atoms with van der Waals surface area (Å²) in [6.45, 7) is 10.4.